The van der Waals surface area contributed by atoms with Gasteiger partial charge in [0.15, 0.2) is 9.84 Å². The van der Waals surface area contributed by atoms with E-state index in [1.165, 1.54) is 36.6 Å². The molecule has 3 aromatic heterocycles. The van der Waals surface area contributed by atoms with Crippen LogP contribution in [0.25, 0.3) is 10.9 Å². The summed E-state index contributed by atoms with van der Waals surface area (Å²) in [4.78, 5) is 29.9. The average Bonchev–Trinajstić information content (AvgIpc) is 3.11. The van der Waals surface area contributed by atoms with Crippen molar-refractivity contribution in [3.63, 3.8) is 0 Å². The van der Waals surface area contributed by atoms with Gasteiger partial charge in [0.1, 0.15) is 11.6 Å². The summed E-state index contributed by atoms with van der Waals surface area (Å²) in [6.07, 6.45) is 7.54. The number of hydrogen-bond acceptors (Lipinski definition) is 8. The Bertz CT molecular complexity index is 1770. The number of carbonyl (C=O) groups is 1. The van der Waals surface area contributed by atoms with Crippen LogP contribution in [0.15, 0.2) is 59.6 Å². The van der Waals surface area contributed by atoms with E-state index in [0.717, 1.165) is 41.9 Å². The molecule has 1 fully saturated rings. The largest absolute Gasteiger partial charge is 0.376 e. The van der Waals surface area contributed by atoms with Gasteiger partial charge in [0, 0.05) is 35.3 Å². The highest BCUT2D eigenvalue weighted by atomic mass is 32.2. The summed E-state index contributed by atoms with van der Waals surface area (Å²) in [5.74, 6) is 1.98. The Kier molecular flexibility index (Phi) is 6.67. The van der Waals surface area contributed by atoms with Crippen LogP contribution in [0, 0.1) is 0 Å². The van der Waals surface area contributed by atoms with Gasteiger partial charge >= 0.3 is 0 Å². The van der Waals surface area contributed by atoms with Crippen LogP contribution in [0.3, 0.4) is 0 Å². The van der Waals surface area contributed by atoms with Crippen molar-refractivity contribution in [2.24, 2.45) is 0 Å². The monoisotopic (exact) mass is 569 g/mol. The molecule has 0 unspecified atom stereocenters. The lowest BCUT2D eigenvalue weighted by atomic mass is 9.82. The first-order valence-electron chi connectivity index (χ1n) is 14.2. The molecule has 9 nitrogen and oxygen atoms in total. The summed E-state index contributed by atoms with van der Waals surface area (Å²) in [5, 5.41) is 3.79. The van der Waals surface area contributed by atoms with Crippen molar-refractivity contribution >= 4 is 38.3 Å². The Morgan fingerprint density at radius 3 is 2.76 bits per heavy atom. The number of aromatic nitrogens is 3. The zero-order valence-electron chi connectivity index (χ0n) is 22.7. The smallest absolute Gasteiger partial charge is 0.251 e. The average molecular weight is 570 g/mol. The standard InChI is InChI=1S/C31H31N5O4S/c37-31(22-6-7-24-19-40-13-14-41(38,39)28(24)15-22)33-18-25-16-27-23(17-32-25)9-11-29(34-27)36-12-2-5-21-8-10-26(35-30(21)36)20-3-1-4-20/h6-11,15-17,20H,1-5,12-14,18-19H2,(H,33,37). The first kappa shape index (κ1) is 26.0. The van der Waals surface area contributed by atoms with Gasteiger partial charge < -0.3 is 15.0 Å². The number of anilines is 2. The molecule has 0 atom stereocenters. The minimum Gasteiger partial charge on any atom is -0.376 e. The molecule has 7 rings (SSSR count). The number of ether oxygens (including phenoxy) is 1. The van der Waals surface area contributed by atoms with E-state index >= 15 is 0 Å². The van der Waals surface area contributed by atoms with Crippen molar-refractivity contribution in [1.82, 2.24) is 20.3 Å². The maximum atomic E-state index is 12.9. The number of amides is 1. The fourth-order valence-corrected chi connectivity index (χ4v) is 7.13. The molecule has 0 spiro atoms. The minimum atomic E-state index is -3.50. The molecule has 1 aromatic carbocycles. The predicted molar refractivity (Wildman–Crippen MR) is 155 cm³/mol. The normalized spacial score (nSPS) is 18.2. The van der Waals surface area contributed by atoms with Gasteiger partial charge in [-0.25, -0.2) is 18.4 Å². The quantitative estimate of drug-likeness (QED) is 0.371. The Morgan fingerprint density at radius 2 is 1.90 bits per heavy atom. The predicted octanol–water partition coefficient (Wildman–Crippen LogP) is 4.61. The first-order valence-corrected chi connectivity index (χ1v) is 15.8. The number of benzene rings is 1. The second kappa shape index (κ2) is 10.5. The van der Waals surface area contributed by atoms with Crippen LogP contribution in [0.5, 0.6) is 0 Å². The van der Waals surface area contributed by atoms with E-state index in [0.29, 0.717) is 17.2 Å². The zero-order valence-corrected chi connectivity index (χ0v) is 23.5. The van der Waals surface area contributed by atoms with Crippen LogP contribution in [-0.2, 0) is 34.1 Å². The maximum Gasteiger partial charge on any atom is 0.251 e. The lowest BCUT2D eigenvalue weighted by Crippen LogP contribution is -2.27. The highest BCUT2D eigenvalue weighted by Crippen LogP contribution is 2.39. The fourth-order valence-electron chi connectivity index (χ4n) is 5.74. The molecule has 1 N–H and O–H groups in total. The van der Waals surface area contributed by atoms with Gasteiger partial charge in [-0.3, -0.25) is 9.78 Å². The number of nitrogens with zero attached hydrogens (tertiary/aromatic N) is 4. The maximum absolute atomic E-state index is 12.9. The van der Waals surface area contributed by atoms with Crippen molar-refractivity contribution in [2.45, 2.75) is 56.1 Å². The third kappa shape index (κ3) is 5.06. The third-order valence-electron chi connectivity index (χ3n) is 8.32. The molecule has 0 radical (unpaired) electrons. The second-order valence-corrected chi connectivity index (χ2v) is 13.1. The van der Waals surface area contributed by atoms with E-state index in [-0.39, 0.29) is 41.9 Å². The number of aryl methyl sites for hydroxylation is 1. The summed E-state index contributed by atoms with van der Waals surface area (Å²) in [7, 11) is -3.50. The number of hydrogen-bond donors (Lipinski definition) is 1. The van der Waals surface area contributed by atoms with E-state index in [1.54, 1.807) is 18.3 Å². The summed E-state index contributed by atoms with van der Waals surface area (Å²) >= 11 is 0. The summed E-state index contributed by atoms with van der Waals surface area (Å²) in [6.45, 7) is 1.41. The van der Waals surface area contributed by atoms with Gasteiger partial charge in [-0.15, -0.1) is 0 Å². The Labute approximate surface area is 238 Å². The molecule has 1 aliphatic carbocycles. The van der Waals surface area contributed by atoms with Gasteiger partial charge in [-0.05, 0) is 73.2 Å². The first-order chi connectivity index (χ1) is 19.9. The molecule has 1 saturated carbocycles. The SMILES string of the molecule is O=C(NCc1cc2nc(N3CCCc4ccc(C5CCC5)nc43)ccc2cn1)c1ccc2c(c1)S(=O)(=O)CCOC2. The highest BCUT2D eigenvalue weighted by Gasteiger charge is 2.26. The molecule has 10 heteroatoms. The molecule has 3 aliphatic rings. The van der Waals surface area contributed by atoms with Crippen LogP contribution < -0.4 is 10.2 Å². The van der Waals surface area contributed by atoms with Gasteiger partial charge in [0.25, 0.3) is 5.91 Å². The molecule has 0 bridgehead atoms. The van der Waals surface area contributed by atoms with E-state index < -0.39 is 9.84 Å². The highest BCUT2D eigenvalue weighted by molar-refractivity contribution is 7.91. The summed E-state index contributed by atoms with van der Waals surface area (Å²) in [5.41, 5.74) is 4.76. The number of nitrogens with one attached hydrogen (secondary N) is 1. The Hall–Kier alpha value is -3.89. The molecule has 210 valence electrons. The van der Waals surface area contributed by atoms with Crippen LogP contribution in [-0.4, -0.2) is 48.2 Å². The number of pyridine rings is 3. The summed E-state index contributed by atoms with van der Waals surface area (Å²) in [6, 6.07) is 15.1. The zero-order chi connectivity index (χ0) is 28.0. The minimum absolute atomic E-state index is 0.0954. The molecule has 0 saturated heterocycles. The van der Waals surface area contributed by atoms with Crippen molar-refractivity contribution in [3.05, 3.63) is 82.8 Å². The van der Waals surface area contributed by atoms with Crippen molar-refractivity contribution in [2.75, 3.05) is 23.8 Å². The molecule has 5 heterocycles. The van der Waals surface area contributed by atoms with Gasteiger partial charge in [-0.1, -0.05) is 18.6 Å². The third-order valence-corrected chi connectivity index (χ3v) is 10.1. The number of rotatable bonds is 5. The van der Waals surface area contributed by atoms with Crippen LogP contribution in [0.4, 0.5) is 11.6 Å². The van der Waals surface area contributed by atoms with Gasteiger partial charge in [-0.2, -0.15) is 0 Å². The Balaban J connectivity index is 1.11. The fraction of sp³-hybridized carbons (Fsp3) is 0.355. The lowest BCUT2D eigenvalue weighted by molar-refractivity contribution is 0.0950. The van der Waals surface area contributed by atoms with Crippen LogP contribution in [0.2, 0.25) is 0 Å². The molecule has 1 amide bonds. The van der Waals surface area contributed by atoms with E-state index in [2.05, 4.69) is 27.3 Å². The lowest BCUT2D eigenvalue weighted by Gasteiger charge is -2.32. The van der Waals surface area contributed by atoms with Crippen molar-refractivity contribution in [3.8, 4) is 0 Å². The molecular formula is C31H31N5O4S. The van der Waals surface area contributed by atoms with Crippen molar-refractivity contribution < 1.29 is 17.9 Å². The van der Waals surface area contributed by atoms with Crippen molar-refractivity contribution in [1.29, 1.82) is 0 Å². The summed E-state index contributed by atoms with van der Waals surface area (Å²) < 4.78 is 30.6. The van der Waals surface area contributed by atoms with E-state index in [9.17, 15) is 13.2 Å². The number of carbonyl (C=O) groups excluding carboxylic acids is 1. The molecule has 4 aromatic rings. The molecule has 41 heavy (non-hydrogen) atoms. The van der Waals surface area contributed by atoms with Crippen LogP contribution in [0.1, 0.15) is 64.5 Å². The van der Waals surface area contributed by atoms with E-state index in [4.69, 9.17) is 14.7 Å². The van der Waals surface area contributed by atoms with Gasteiger partial charge in [0.05, 0.1) is 41.6 Å². The molecule has 2 aliphatic heterocycles. The topological polar surface area (TPSA) is 114 Å². The van der Waals surface area contributed by atoms with Crippen LogP contribution >= 0.6 is 0 Å². The number of sulfone groups is 1. The van der Waals surface area contributed by atoms with E-state index in [1.807, 2.05) is 18.2 Å². The number of fused-ring (bicyclic) bond motifs is 3. The Morgan fingerprint density at radius 1 is 1.02 bits per heavy atom. The second-order valence-electron chi connectivity index (χ2n) is 11.0. The molecular weight excluding hydrogens is 538 g/mol. The van der Waals surface area contributed by atoms with Gasteiger partial charge in [0.2, 0.25) is 0 Å².